The Labute approximate surface area is 129 Å². The predicted octanol–water partition coefficient (Wildman–Crippen LogP) is 2.35. The quantitative estimate of drug-likeness (QED) is 0.759. The van der Waals surface area contributed by atoms with Crippen molar-refractivity contribution >= 4 is 0 Å². The van der Waals surface area contributed by atoms with Crippen LogP contribution in [0.15, 0.2) is 30.3 Å². The van der Waals surface area contributed by atoms with E-state index in [0.717, 1.165) is 29.7 Å². The average molecular weight is 301 g/mol. The van der Waals surface area contributed by atoms with Gasteiger partial charge < -0.3 is 25.0 Å². The van der Waals surface area contributed by atoms with Crippen LogP contribution in [0, 0.1) is 0 Å². The first-order valence-electron chi connectivity index (χ1n) is 7.14. The van der Waals surface area contributed by atoms with E-state index in [-0.39, 0.29) is 17.5 Å². The van der Waals surface area contributed by atoms with Crippen LogP contribution < -0.4 is 14.8 Å². The molecule has 0 aromatic heterocycles. The van der Waals surface area contributed by atoms with Crippen LogP contribution in [0.4, 0.5) is 0 Å². The molecule has 5 heteroatoms. The Morgan fingerprint density at radius 3 is 2.55 bits per heavy atom. The zero-order valence-corrected chi connectivity index (χ0v) is 12.6. The molecule has 0 aliphatic carbocycles. The van der Waals surface area contributed by atoms with Crippen molar-refractivity contribution in [2.45, 2.75) is 12.5 Å². The number of fused-ring (bicyclic) bond motifs is 1. The first-order valence-corrected chi connectivity index (χ1v) is 7.14. The molecule has 1 aliphatic heterocycles. The van der Waals surface area contributed by atoms with Gasteiger partial charge in [0.1, 0.15) is 0 Å². The van der Waals surface area contributed by atoms with E-state index in [1.165, 1.54) is 0 Å². The molecule has 3 N–H and O–H groups in total. The van der Waals surface area contributed by atoms with Gasteiger partial charge in [0, 0.05) is 12.1 Å². The highest BCUT2D eigenvalue weighted by atomic mass is 16.5. The molecule has 0 amide bonds. The highest BCUT2D eigenvalue weighted by molar-refractivity contribution is 5.55. The minimum absolute atomic E-state index is 0.0861. The van der Waals surface area contributed by atoms with Gasteiger partial charge in [-0.15, -0.1) is 0 Å². The van der Waals surface area contributed by atoms with Crippen LogP contribution in [-0.2, 0) is 6.42 Å². The molecule has 1 heterocycles. The summed E-state index contributed by atoms with van der Waals surface area (Å²) in [5.74, 6) is 1.13. The number of hydrogen-bond acceptors (Lipinski definition) is 5. The SMILES string of the molecule is COc1cccc([C@H]2NCCc3cc(O)c(O)cc32)c1OC. The van der Waals surface area contributed by atoms with E-state index in [1.807, 2.05) is 18.2 Å². The van der Waals surface area contributed by atoms with Crippen LogP contribution >= 0.6 is 0 Å². The van der Waals surface area contributed by atoms with Crippen molar-refractivity contribution in [3.63, 3.8) is 0 Å². The first kappa shape index (κ1) is 14.5. The summed E-state index contributed by atoms with van der Waals surface area (Å²) in [6.07, 6.45) is 0.798. The second-order valence-electron chi connectivity index (χ2n) is 5.26. The number of phenolic OH excluding ortho intramolecular Hbond substituents is 2. The molecule has 22 heavy (non-hydrogen) atoms. The molecule has 116 valence electrons. The molecule has 2 aromatic carbocycles. The molecule has 0 unspecified atom stereocenters. The Hall–Kier alpha value is -2.40. The Kier molecular flexibility index (Phi) is 3.81. The van der Waals surface area contributed by atoms with E-state index in [1.54, 1.807) is 26.4 Å². The van der Waals surface area contributed by atoms with Crippen LogP contribution in [-0.4, -0.2) is 31.0 Å². The van der Waals surface area contributed by atoms with Gasteiger partial charge in [0.25, 0.3) is 0 Å². The lowest BCUT2D eigenvalue weighted by Gasteiger charge is -2.29. The predicted molar refractivity (Wildman–Crippen MR) is 82.9 cm³/mol. The molecule has 0 saturated carbocycles. The van der Waals surface area contributed by atoms with Gasteiger partial charge in [-0.3, -0.25) is 0 Å². The second kappa shape index (κ2) is 5.77. The van der Waals surface area contributed by atoms with E-state index in [2.05, 4.69) is 5.32 Å². The van der Waals surface area contributed by atoms with Crippen molar-refractivity contribution in [3.05, 3.63) is 47.0 Å². The van der Waals surface area contributed by atoms with Crippen LogP contribution in [0.1, 0.15) is 22.7 Å². The third-order valence-corrected chi connectivity index (χ3v) is 4.03. The molecule has 0 bridgehead atoms. The Bertz CT molecular complexity index is 699. The first-order chi connectivity index (χ1) is 10.7. The number of ether oxygens (including phenoxy) is 2. The molecule has 0 spiro atoms. The number of nitrogens with one attached hydrogen (secondary N) is 1. The number of methoxy groups -OCH3 is 2. The average Bonchev–Trinajstić information content (AvgIpc) is 2.54. The molecule has 0 saturated heterocycles. The monoisotopic (exact) mass is 301 g/mol. The lowest BCUT2D eigenvalue weighted by Crippen LogP contribution is -2.30. The van der Waals surface area contributed by atoms with Gasteiger partial charge in [-0.05, 0) is 35.7 Å². The molecule has 2 aromatic rings. The number of para-hydroxylation sites is 1. The normalized spacial score (nSPS) is 16.9. The molecule has 1 aliphatic rings. The number of benzene rings is 2. The van der Waals surface area contributed by atoms with Crippen molar-refractivity contribution < 1.29 is 19.7 Å². The summed E-state index contributed by atoms with van der Waals surface area (Å²) in [7, 11) is 3.22. The van der Waals surface area contributed by atoms with Crippen LogP contribution in [0.3, 0.4) is 0 Å². The van der Waals surface area contributed by atoms with Gasteiger partial charge >= 0.3 is 0 Å². The molecular weight excluding hydrogens is 282 g/mol. The summed E-state index contributed by atoms with van der Waals surface area (Å²) in [5, 5.41) is 23.0. The summed E-state index contributed by atoms with van der Waals surface area (Å²) < 4.78 is 10.9. The second-order valence-corrected chi connectivity index (χ2v) is 5.26. The number of aromatic hydroxyl groups is 2. The number of rotatable bonds is 3. The van der Waals surface area contributed by atoms with E-state index in [4.69, 9.17) is 9.47 Å². The highest BCUT2D eigenvalue weighted by Gasteiger charge is 2.26. The van der Waals surface area contributed by atoms with Crippen molar-refractivity contribution in [3.8, 4) is 23.0 Å². The maximum atomic E-state index is 9.83. The zero-order chi connectivity index (χ0) is 15.7. The van der Waals surface area contributed by atoms with Gasteiger partial charge in [-0.1, -0.05) is 12.1 Å². The smallest absolute Gasteiger partial charge is 0.165 e. The summed E-state index contributed by atoms with van der Waals surface area (Å²) in [6, 6.07) is 8.84. The van der Waals surface area contributed by atoms with E-state index in [9.17, 15) is 10.2 Å². The minimum atomic E-state index is -0.125. The third kappa shape index (κ3) is 2.33. The summed E-state index contributed by atoms with van der Waals surface area (Å²) >= 11 is 0. The van der Waals surface area contributed by atoms with Gasteiger partial charge in [0.15, 0.2) is 23.0 Å². The summed E-state index contributed by atoms with van der Waals surface area (Å²) in [6.45, 7) is 0.780. The molecule has 3 rings (SSSR count). The summed E-state index contributed by atoms with van der Waals surface area (Å²) in [5.41, 5.74) is 2.89. The lowest BCUT2D eigenvalue weighted by molar-refractivity contribution is 0.348. The Morgan fingerprint density at radius 1 is 1.05 bits per heavy atom. The fourth-order valence-corrected chi connectivity index (χ4v) is 3.00. The summed E-state index contributed by atoms with van der Waals surface area (Å²) in [4.78, 5) is 0. The van der Waals surface area contributed by atoms with Crippen LogP contribution in [0.25, 0.3) is 0 Å². The number of phenols is 2. The molecule has 1 atom stereocenters. The van der Waals surface area contributed by atoms with E-state index < -0.39 is 0 Å². The fourth-order valence-electron chi connectivity index (χ4n) is 3.00. The Morgan fingerprint density at radius 2 is 1.82 bits per heavy atom. The van der Waals surface area contributed by atoms with Gasteiger partial charge in [0.05, 0.1) is 20.3 Å². The van der Waals surface area contributed by atoms with Gasteiger partial charge in [-0.2, -0.15) is 0 Å². The van der Waals surface area contributed by atoms with Crippen LogP contribution in [0.5, 0.6) is 23.0 Å². The van der Waals surface area contributed by atoms with E-state index >= 15 is 0 Å². The van der Waals surface area contributed by atoms with Crippen molar-refractivity contribution in [2.75, 3.05) is 20.8 Å². The maximum absolute atomic E-state index is 9.83. The topological polar surface area (TPSA) is 71.0 Å². The molecular formula is C17H19NO4. The molecule has 5 nitrogen and oxygen atoms in total. The van der Waals surface area contributed by atoms with Crippen molar-refractivity contribution in [2.24, 2.45) is 0 Å². The third-order valence-electron chi connectivity index (χ3n) is 4.03. The van der Waals surface area contributed by atoms with Gasteiger partial charge in [-0.25, -0.2) is 0 Å². The van der Waals surface area contributed by atoms with Crippen molar-refractivity contribution in [1.82, 2.24) is 5.32 Å². The Balaban J connectivity index is 2.14. The van der Waals surface area contributed by atoms with Crippen LogP contribution in [0.2, 0.25) is 0 Å². The highest BCUT2D eigenvalue weighted by Crippen LogP contribution is 2.41. The minimum Gasteiger partial charge on any atom is -0.504 e. The lowest BCUT2D eigenvalue weighted by atomic mass is 9.89. The largest absolute Gasteiger partial charge is 0.504 e. The molecule has 0 radical (unpaired) electrons. The fraction of sp³-hybridized carbons (Fsp3) is 0.294. The van der Waals surface area contributed by atoms with Crippen molar-refractivity contribution in [1.29, 1.82) is 0 Å². The maximum Gasteiger partial charge on any atom is 0.165 e. The standard InChI is InChI=1S/C17H19NO4/c1-21-15-5-3-4-11(17(15)22-2)16-12-9-14(20)13(19)8-10(12)6-7-18-16/h3-5,8-9,16,18-20H,6-7H2,1-2H3/t16-/m1/s1. The molecule has 0 fully saturated rings. The van der Waals surface area contributed by atoms with Gasteiger partial charge in [0.2, 0.25) is 0 Å². The number of hydrogen-bond donors (Lipinski definition) is 3. The zero-order valence-electron chi connectivity index (χ0n) is 12.6. The van der Waals surface area contributed by atoms with E-state index in [0.29, 0.717) is 11.5 Å².